The smallest absolute Gasteiger partial charge is 0.310 e. The Balaban J connectivity index is 1.90. The molecular weight excluding hydrogens is 258 g/mol. The molecule has 6 nitrogen and oxygen atoms in total. The molecule has 0 aromatic carbocycles. The van der Waals surface area contributed by atoms with Crippen LogP contribution in [0.1, 0.15) is 51.2 Å². The molecule has 0 spiro atoms. The quantitative estimate of drug-likeness (QED) is 0.769. The molecule has 1 saturated heterocycles. The van der Waals surface area contributed by atoms with Gasteiger partial charge in [-0.1, -0.05) is 19.0 Å². The van der Waals surface area contributed by atoms with Gasteiger partial charge < -0.3 is 9.26 Å². The van der Waals surface area contributed by atoms with Gasteiger partial charge in [-0.25, -0.2) is 0 Å². The molecule has 1 atom stereocenters. The van der Waals surface area contributed by atoms with Crippen LogP contribution in [0.15, 0.2) is 4.52 Å². The van der Waals surface area contributed by atoms with Crippen LogP contribution in [0, 0.1) is 5.92 Å². The largest absolute Gasteiger partial charge is 0.466 e. The first-order chi connectivity index (χ1) is 9.60. The predicted octanol–water partition coefficient (Wildman–Crippen LogP) is 1.97. The maximum absolute atomic E-state index is 11.8. The van der Waals surface area contributed by atoms with Crippen molar-refractivity contribution < 1.29 is 14.1 Å². The Bertz CT molecular complexity index is 445. The third-order valence-electron chi connectivity index (χ3n) is 3.48. The maximum atomic E-state index is 11.8. The Hall–Kier alpha value is -1.43. The molecule has 0 unspecified atom stereocenters. The molecule has 20 heavy (non-hydrogen) atoms. The highest BCUT2D eigenvalue weighted by atomic mass is 16.5. The van der Waals surface area contributed by atoms with Gasteiger partial charge in [0.1, 0.15) is 0 Å². The molecule has 1 fully saturated rings. The Morgan fingerprint density at radius 2 is 2.35 bits per heavy atom. The fourth-order valence-corrected chi connectivity index (χ4v) is 2.41. The number of likely N-dealkylation sites (tertiary alicyclic amines) is 1. The zero-order chi connectivity index (χ0) is 14.5. The van der Waals surface area contributed by atoms with Crippen LogP contribution in [-0.2, 0) is 16.1 Å². The Morgan fingerprint density at radius 1 is 1.55 bits per heavy atom. The number of rotatable bonds is 5. The minimum atomic E-state index is -0.0920. The maximum Gasteiger partial charge on any atom is 0.310 e. The lowest BCUT2D eigenvalue weighted by Gasteiger charge is -2.30. The van der Waals surface area contributed by atoms with Crippen molar-refractivity contribution in [3.63, 3.8) is 0 Å². The fourth-order valence-electron chi connectivity index (χ4n) is 2.41. The zero-order valence-corrected chi connectivity index (χ0v) is 12.5. The molecule has 0 amide bonds. The summed E-state index contributed by atoms with van der Waals surface area (Å²) in [5.74, 6) is 1.50. The van der Waals surface area contributed by atoms with E-state index in [1.54, 1.807) is 0 Å². The highest BCUT2D eigenvalue weighted by Crippen LogP contribution is 2.20. The summed E-state index contributed by atoms with van der Waals surface area (Å²) in [4.78, 5) is 18.3. The number of carbonyl (C=O) groups excluding carboxylic acids is 1. The molecule has 0 saturated carbocycles. The van der Waals surface area contributed by atoms with E-state index in [9.17, 15) is 4.79 Å². The first kappa shape index (κ1) is 15.0. The molecule has 2 heterocycles. The van der Waals surface area contributed by atoms with Gasteiger partial charge in [0.25, 0.3) is 0 Å². The van der Waals surface area contributed by atoms with Crippen LogP contribution >= 0.6 is 0 Å². The van der Waals surface area contributed by atoms with E-state index in [2.05, 4.69) is 15.0 Å². The van der Waals surface area contributed by atoms with Crippen molar-refractivity contribution in [2.24, 2.45) is 5.92 Å². The van der Waals surface area contributed by atoms with Crippen LogP contribution in [0.2, 0.25) is 0 Å². The molecule has 0 N–H and O–H groups in total. The number of nitrogens with zero attached hydrogens (tertiary/aromatic N) is 3. The van der Waals surface area contributed by atoms with Crippen molar-refractivity contribution in [3.05, 3.63) is 11.7 Å². The summed E-state index contributed by atoms with van der Waals surface area (Å²) in [5.41, 5.74) is 0. The molecule has 1 aromatic rings. The zero-order valence-electron chi connectivity index (χ0n) is 12.5. The highest BCUT2D eigenvalue weighted by molar-refractivity contribution is 5.72. The number of carbonyl (C=O) groups is 1. The Morgan fingerprint density at radius 3 is 3.00 bits per heavy atom. The number of ether oxygens (including phenoxy) is 1. The number of aromatic nitrogens is 2. The summed E-state index contributed by atoms with van der Waals surface area (Å²) in [6, 6.07) is 0. The third-order valence-corrected chi connectivity index (χ3v) is 3.48. The van der Waals surface area contributed by atoms with E-state index < -0.39 is 0 Å². The average molecular weight is 281 g/mol. The summed E-state index contributed by atoms with van der Waals surface area (Å²) in [6.07, 6.45) is 1.89. The van der Waals surface area contributed by atoms with E-state index in [-0.39, 0.29) is 17.8 Å². The number of esters is 1. The SMILES string of the molecule is CCOC(=O)[C@H]1CCCN(Cc2nc(C(C)C)no2)C1. The summed E-state index contributed by atoms with van der Waals surface area (Å²) in [5, 5.41) is 3.96. The highest BCUT2D eigenvalue weighted by Gasteiger charge is 2.27. The molecular formula is C14H23N3O3. The second-order valence-corrected chi connectivity index (χ2v) is 5.53. The van der Waals surface area contributed by atoms with Gasteiger partial charge in [0.2, 0.25) is 5.89 Å². The van der Waals surface area contributed by atoms with E-state index in [4.69, 9.17) is 9.26 Å². The van der Waals surface area contributed by atoms with Crippen molar-refractivity contribution in [2.75, 3.05) is 19.7 Å². The molecule has 1 aliphatic heterocycles. The lowest BCUT2D eigenvalue weighted by Crippen LogP contribution is -2.39. The summed E-state index contributed by atoms with van der Waals surface area (Å²) < 4.78 is 10.4. The van der Waals surface area contributed by atoms with E-state index in [0.29, 0.717) is 25.6 Å². The van der Waals surface area contributed by atoms with E-state index in [1.807, 2.05) is 20.8 Å². The number of piperidine rings is 1. The van der Waals surface area contributed by atoms with Gasteiger partial charge in [0.05, 0.1) is 19.1 Å². The lowest BCUT2D eigenvalue weighted by molar-refractivity contribution is -0.150. The Labute approximate surface area is 119 Å². The molecule has 2 rings (SSSR count). The molecule has 1 aliphatic rings. The first-order valence-electron chi connectivity index (χ1n) is 7.31. The fraction of sp³-hybridized carbons (Fsp3) is 0.786. The number of hydrogen-bond acceptors (Lipinski definition) is 6. The van der Waals surface area contributed by atoms with Crippen molar-refractivity contribution in [1.82, 2.24) is 15.0 Å². The lowest BCUT2D eigenvalue weighted by atomic mass is 9.98. The van der Waals surface area contributed by atoms with E-state index in [1.165, 1.54) is 0 Å². The minimum Gasteiger partial charge on any atom is -0.466 e. The molecule has 1 aromatic heterocycles. The summed E-state index contributed by atoms with van der Waals surface area (Å²) in [7, 11) is 0. The molecule has 0 aliphatic carbocycles. The third kappa shape index (κ3) is 3.79. The van der Waals surface area contributed by atoms with Crippen LogP contribution in [0.4, 0.5) is 0 Å². The summed E-state index contributed by atoms with van der Waals surface area (Å²) in [6.45, 7) is 8.61. The van der Waals surface area contributed by atoms with Crippen LogP contribution in [0.25, 0.3) is 0 Å². The van der Waals surface area contributed by atoms with Crippen molar-refractivity contribution in [3.8, 4) is 0 Å². The van der Waals surface area contributed by atoms with Gasteiger partial charge in [-0.2, -0.15) is 4.98 Å². The van der Waals surface area contributed by atoms with Crippen LogP contribution in [-0.4, -0.2) is 40.7 Å². The van der Waals surface area contributed by atoms with Crippen LogP contribution < -0.4 is 0 Å². The second-order valence-electron chi connectivity index (χ2n) is 5.53. The van der Waals surface area contributed by atoms with Gasteiger partial charge in [-0.05, 0) is 26.3 Å². The van der Waals surface area contributed by atoms with Crippen LogP contribution in [0.3, 0.4) is 0 Å². The monoisotopic (exact) mass is 281 g/mol. The Kier molecular flexibility index (Phi) is 5.11. The normalized spacial score (nSPS) is 20.3. The predicted molar refractivity (Wildman–Crippen MR) is 73.0 cm³/mol. The van der Waals surface area contributed by atoms with Crippen molar-refractivity contribution in [1.29, 1.82) is 0 Å². The van der Waals surface area contributed by atoms with Gasteiger partial charge in [-0.15, -0.1) is 0 Å². The van der Waals surface area contributed by atoms with Gasteiger partial charge in [-0.3, -0.25) is 9.69 Å². The van der Waals surface area contributed by atoms with Gasteiger partial charge in [0, 0.05) is 12.5 Å². The topological polar surface area (TPSA) is 68.5 Å². The second kappa shape index (κ2) is 6.83. The van der Waals surface area contributed by atoms with E-state index >= 15 is 0 Å². The molecule has 0 bridgehead atoms. The summed E-state index contributed by atoms with van der Waals surface area (Å²) >= 11 is 0. The van der Waals surface area contributed by atoms with Crippen molar-refractivity contribution >= 4 is 5.97 Å². The minimum absolute atomic E-state index is 0.0313. The standard InChI is InChI=1S/C14H23N3O3/c1-4-19-14(18)11-6-5-7-17(8-11)9-12-15-13(10(2)3)16-20-12/h10-11H,4-9H2,1-3H3/t11-/m0/s1. The van der Waals surface area contributed by atoms with Gasteiger partial charge >= 0.3 is 5.97 Å². The molecule has 112 valence electrons. The number of hydrogen-bond donors (Lipinski definition) is 0. The van der Waals surface area contributed by atoms with Crippen molar-refractivity contribution in [2.45, 2.75) is 46.1 Å². The van der Waals surface area contributed by atoms with Crippen LogP contribution in [0.5, 0.6) is 0 Å². The van der Waals surface area contributed by atoms with Gasteiger partial charge in [0.15, 0.2) is 5.82 Å². The average Bonchev–Trinajstić information content (AvgIpc) is 2.88. The van der Waals surface area contributed by atoms with E-state index in [0.717, 1.165) is 25.2 Å². The molecule has 0 radical (unpaired) electrons. The first-order valence-corrected chi connectivity index (χ1v) is 7.31. The molecule has 6 heteroatoms.